The third-order valence-electron chi connectivity index (χ3n) is 0.447. The second-order valence-electron chi connectivity index (χ2n) is 2.01. The molecule has 0 N–H and O–H groups in total. The second kappa shape index (κ2) is 7.14. The summed E-state index contributed by atoms with van der Waals surface area (Å²) in [4.78, 5) is 0. The molecule has 0 bridgehead atoms. The van der Waals surface area contributed by atoms with Gasteiger partial charge in [0.1, 0.15) is 0 Å². The molecule has 0 aliphatic rings. The molecule has 0 aromatic heterocycles. The summed E-state index contributed by atoms with van der Waals surface area (Å²) in [5, 5.41) is 0. The van der Waals surface area contributed by atoms with E-state index in [9.17, 15) is 0 Å². The Balaban J connectivity index is 0. The molecule has 0 rings (SSSR count). The van der Waals surface area contributed by atoms with Crippen LogP contribution in [0.3, 0.4) is 0 Å². The first-order chi connectivity index (χ1) is 3.13. The summed E-state index contributed by atoms with van der Waals surface area (Å²) in [6.07, 6.45) is 0. The maximum Gasteiger partial charge on any atom is 1.00 e. The summed E-state index contributed by atoms with van der Waals surface area (Å²) in [5.41, 5.74) is 0. The van der Waals surface area contributed by atoms with Crippen LogP contribution in [0.1, 0.15) is 0 Å². The van der Waals surface area contributed by atoms with E-state index in [2.05, 4.69) is 30.8 Å². The predicted molar refractivity (Wildman–Crippen MR) is 38.3 cm³/mol. The molecule has 0 atom stereocenters. The van der Waals surface area contributed by atoms with E-state index in [-0.39, 0.29) is 69.3 Å². The van der Waals surface area contributed by atoms with E-state index in [0.717, 1.165) is 0 Å². The van der Waals surface area contributed by atoms with Crippen LogP contribution in [-0.2, 0) is 0 Å². The Kier molecular flexibility index (Phi) is 11.3. The first-order valence-electron chi connectivity index (χ1n) is 2.45. The standard InChI is InChI=1S/C4H12NSi2.K/c1-6(2)5-7(3)4;/h1-4H3;/q-1;+1. The Morgan fingerprint density at radius 1 is 0.875 bits per heavy atom. The number of nitrogens with zero attached hydrogens (tertiary/aromatic N) is 1. The minimum atomic E-state index is -0.264. The normalized spacial score (nSPS) is 9.75. The van der Waals surface area contributed by atoms with Crippen LogP contribution in [0.25, 0.3) is 4.65 Å². The number of rotatable bonds is 2. The molecule has 0 aromatic carbocycles. The van der Waals surface area contributed by atoms with Crippen LogP contribution in [-0.4, -0.2) is 17.9 Å². The summed E-state index contributed by atoms with van der Waals surface area (Å²) in [5.74, 6) is 0. The molecule has 0 aliphatic heterocycles. The molecule has 0 aliphatic carbocycles. The van der Waals surface area contributed by atoms with Crippen LogP contribution >= 0.6 is 0 Å². The van der Waals surface area contributed by atoms with Crippen LogP contribution < -0.4 is 51.4 Å². The van der Waals surface area contributed by atoms with E-state index < -0.39 is 0 Å². The molecule has 8 heavy (non-hydrogen) atoms. The fourth-order valence-corrected chi connectivity index (χ4v) is 4.02. The largest absolute Gasteiger partial charge is 1.00 e. The fourth-order valence-electron chi connectivity index (χ4n) is 0.447. The summed E-state index contributed by atoms with van der Waals surface area (Å²) in [6.45, 7) is 8.90. The van der Waals surface area contributed by atoms with Gasteiger partial charge in [-0.2, -0.15) is 0 Å². The maximum absolute atomic E-state index is 4.48. The average molecular weight is 169 g/mol. The Morgan fingerprint density at radius 2 is 1.12 bits per heavy atom. The van der Waals surface area contributed by atoms with E-state index in [1.54, 1.807) is 0 Å². The van der Waals surface area contributed by atoms with Crippen molar-refractivity contribution >= 4 is 17.9 Å². The van der Waals surface area contributed by atoms with Crippen molar-refractivity contribution in [1.82, 2.24) is 0 Å². The molecular weight excluding hydrogens is 157 g/mol. The molecule has 0 aromatic rings. The molecule has 42 valence electrons. The second-order valence-corrected chi connectivity index (χ2v) is 6.69. The van der Waals surface area contributed by atoms with E-state index in [1.165, 1.54) is 0 Å². The van der Waals surface area contributed by atoms with Gasteiger partial charge in [-0.25, -0.2) is 0 Å². The Bertz CT molecular complexity index is 43.3. The molecule has 0 saturated heterocycles. The van der Waals surface area contributed by atoms with Crippen molar-refractivity contribution < 1.29 is 51.4 Å². The molecule has 0 saturated carbocycles. The molecule has 0 spiro atoms. The summed E-state index contributed by atoms with van der Waals surface area (Å²) in [6, 6.07) is 0. The van der Waals surface area contributed by atoms with Gasteiger partial charge in [-0.1, -0.05) is 44.1 Å². The summed E-state index contributed by atoms with van der Waals surface area (Å²) in [7, 11) is -0.528. The number of hydrogen-bond acceptors (Lipinski definition) is 0. The van der Waals surface area contributed by atoms with Crippen molar-refractivity contribution in [1.29, 1.82) is 0 Å². The minimum Gasteiger partial charge on any atom is -0.673 e. The fraction of sp³-hybridized carbons (Fsp3) is 1.00. The zero-order chi connectivity index (χ0) is 5.86. The molecule has 1 nitrogen and oxygen atoms in total. The van der Waals surface area contributed by atoms with Crippen molar-refractivity contribution in [2.45, 2.75) is 26.2 Å². The van der Waals surface area contributed by atoms with Gasteiger partial charge in [-0.3, -0.25) is 0 Å². The van der Waals surface area contributed by atoms with Crippen molar-refractivity contribution in [3.63, 3.8) is 0 Å². The quantitative estimate of drug-likeness (QED) is 0.465. The average Bonchev–Trinajstić information content (AvgIpc) is 1.27. The molecule has 2 radical (unpaired) electrons. The Hall–Kier alpha value is 2.03. The van der Waals surface area contributed by atoms with Gasteiger partial charge in [-0.15, -0.1) is 0 Å². The first kappa shape index (κ1) is 12.7. The molecule has 0 amide bonds. The molecule has 4 heteroatoms. The van der Waals surface area contributed by atoms with E-state index in [4.69, 9.17) is 0 Å². The van der Waals surface area contributed by atoms with Crippen molar-refractivity contribution in [3.05, 3.63) is 4.65 Å². The number of hydrogen-bond donors (Lipinski definition) is 0. The zero-order valence-corrected chi connectivity index (χ0v) is 11.6. The monoisotopic (exact) mass is 169 g/mol. The van der Waals surface area contributed by atoms with Gasteiger partial charge >= 0.3 is 51.4 Å². The Labute approximate surface area is 98.4 Å². The van der Waals surface area contributed by atoms with Crippen LogP contribution in [0.2, 0.25) is 26.2 Å². The van der Waals surface area contributed by atoms with E-state index in [0.29, 0.717) is 0 Å². The molecule has 0 heterocycles. The smallest absolute Gasteiger partial charge is 0.673 e. The van der Waals surface area contributed by atoms with Gasteiger partial charge in [0.2, 0.25) is 0 Å². The van der Waals surface area contributed by atoms with Crippen LogP contribution in [0.4, 0.5) is 0 Å². The Morgan fingerprint density at radius 3 is 1.12 bits per heavy atom. The van der Waals surface area contributed by atoms with Crippen molar-refractivity contribution in [2.24, 2.45) is 0 Å². The third-order valence-corrected chi connectivity index (χ3v) is 4.02. The van der Waals surface area contributed by atoms with Crippen LogP contribution in [0.5, 0.6) is 0 Å². The molecule has 0 fully saturated rings. The predicted octanol–water partition coefficient (Wildman–Crippen LogP) is -1.13. The van der Waals surface area contributed by atoms with Gasteiger partial charge in [0.15, 0.2) is 0 Å². The topological polar surface area (TPSA) is 14.1 Å². The third kappa shape index (κ3) is 10.9. The molecule has 0 unspecified atom stereocenters. The van der Waals surface area contributed by atoms with Gasteiger partial charge in [0, 0.05) is 0 Å². The van der Waals surface area contributed by atoms with Crippen molar-refractivity contribution in [3.8, 4) is 0 Å². The zero-order valence-electron chi connectivity index (χ0n) is 6.45. The first-order valence-corrected chi connectivity index (χ1v) is 7.34. The van der Waals surface area contributed by atoms with Crippen LogP contribution in [0.15, 0.2) is 0 Å². The van der Waals surface area contributed by atoms with E-state index >= 15 is 0 Å². The van der Waals surface area contributed by atoms with E-state index in [1.807, 2.05) is 0 Å². The van der Waals surface area contributed by atoms with Gasteiger partial charge in [0.05, 0.1) is 0 Å². The minimum absolute atomic E-state index is 0. The van der Waals surface area contributed by atoms with Crippen molar-refractivity contribution in [2.75, 3.05) is 0 Å². The van der Waals surface area contributed by atoms with Gasteiger partial charge in [0.25, 0.3) is 0 Å². The van der Waals surface area contributed by atoms with Crippen LogP contribution in [0, 0.1) is 0 Å². The summed E-state index contributed by atoms with van der Waals surface area (Å²) >= 11 is 0. The SMILES string of the molecule is C[Si](C)[N-][Si](C)C.[K+]. The molecular formula is C4H12KNSi2. The van der Waals surface area contributed by atoms with Gasteiger partial charge < -0.3 is 4.65 Å². The van der Waals surface area contributed by atoms with Gasteiger partial charge in [-0.05, 0) is 0 Å². The summed E-state index contributed by atoms with van der Waals surface area (Å²) < 4.78 is 4.48. The maximum atomic E-state index is 4.48.